The summed E-state index contributed by atoms with van der Waals surface area (Å²) < 4.78 is 7.47. The third kappa shape index (κ3) is 2.82. The van der Waals surface area contributed by atoms with Gasteiger partial charge in [-0.1, -0.05) is 11.6 Å². The number of halogens is 1. The van der Waals surface area contributed by atoms with E-state index >= 15 is 0 Å². The first-order chi connectivity index (χ1) is 11.0. The summed E-state index contributed by atoms with van der Waals surface area (Å²) in [4.78, 5) is 8.37. The summed E-state index contributed by atoms with van der Waals surface area (Å²) in [7, 11) is 0. The van der Waals surface area contributed by atoms with Gasteiger partial charge in [0.1, 0.15) is 23.6 Å². The van der Waals surface area contributed by atoms with Crippen LogP contribution in [0.1, 0.15) is 20.8 Å². The predicted molar refractivity (Wildman–Crippen MR) is 91.6 cm³/mol. The second kappa shape index (κ2) is 6.04. The molecule has 3 aromatic rings. The number of aromatic nitrogens is 4. The number of fused-ring (bicyclic) bond motifs is 1. The Balaban J connectivity index is 2.15. The standard InChI is InChI=1S/C16H18ClN5O/c1-4-22-16-13(15(18)19-8-20-16)14(21-22)10-5-6-12(11(17)7-10)23-9(2)3/h5-9H,4H2,1-3H3,(H2,18,19,20). The molecule has 0 amide bonds. The fraction of sp³-hybridized carbons (Fsp3) is 0.312. The maximum Gasteiger partial charge on any atom is 0.163 e. The first-order valence-corrected chi connectivity index (χ1v) is 7.82. The summed E-state index contributed by atoms with van der Waals surface area (Å²) in [5, 5.41) is 5.88. The molecule has 0 saturated heterocycles. The van der Waals surface area contributed by atoms with Crippen LogP contribution in [-0.4, -0.2) is 25.9 Å². The van der Waals surface area contributed by atoms with Crippen LogP contribution in [0, 0.1) is 0 Å². The van der Waals surface area contributed by atoms with E-state index in [0.717, 1.165) is 16.6 Å². The average molecular weight is 332 g/mol. The van der Waals surface area contributed by atoms with E-state index in [-0.39, 0.29) is 6.10 Å². The van der Waals surface area contributed by atoms with Gasteiger partial charge >= 0.3 is 0 Å². The normalized spacial score (nSPS) is 11.3. The summed E-state index contributed by atoms with van der Waals surface area (Å²) in [6, 6.07) is 5.58. The lowest BCUT2D eigenvalue weighted by Gasteiger charge is -2.11. The molecule has 0 unspecified atom stereocenters. The third-order valence-electron chi connectivity index (χ3n) is 3.43. The molecule has 1 aromatic carbocycles. The van der Waals surface area contributed by atoms with Gasteiger partial charge < -0.3 is 10.5 Å². The summed E-state index contributed by atoms with van der Waals surface area (Å²) in [5.41, 5.74) is 8.32. The fourth-order valence-corrected chi connectivity index (χ4v) is 2.68. The van der Waals surface area contributed by atoms with Crippen LogP contribution in [0.3, 0.4) is 0 Å². The van der Waals surface area contributed by atoms with Crippen LogP contribution in [0.2, 0.25) is 5.02 Å². The molecule has 2 N–H and O–H groups in total. The van der Waals surface area contributed by atoms with E-state index in [2.05, 4.69) is 15.1 Å². The average Bonchev–Trinajstić information content (AvgIpc) is 2.89. The second-order valence-corrected chi connectivity index (χ2v) is 5.84. The molecule has 23 heavy (non-hydrogen) atoms. The van der Waals surface area contributed by atoms with Gasteiger partial charge in [-0.3, -0.25) is 0 Å². The van der Waals surface area contributed by atoms with Crippen LogP contribution in [0.25, 0.3) is 22.3 Å². The summed E-state index contributed by atoms with van der Waals surface area (Å²) in [5.74, 6) is 1.05. The zero-order valence-electron chi connectivity index (χ0n) is 13.2. The highest BCUT2D eigenvalue weighted by molar-refractivity contribution is 6.32. The zero-order valence-corrected chi connectivity index (χ0v) is 14.0. The van der Waals surface area contributed by atoms with Gasteiger partial charge in [-0.15, -0.1) is 0 Å². The van der Waals surface area contributed by atoms with E-state index in [0.29, 0.717) is 28.8 Å². The SMILES string of the molecule is CCn1nc(-c2ccc(OC(C)C)c(Cl)c2)c2c(N)ncnc21. The first-order valence-electron chi connectivity index (χ1n) is 7.44. The Bertz CT molecular complexity index is 859. The summed E-state index contributed by atoms with van der Waals surface area (Å²) in [6.07, 6.45) is 1.50. The lowest BCUT2D eigenvalue weighted by molar-refractivity contribution is 0.242. The summed E-state index contributed by atoms with van der Waals surface area (Å²) in [6.45, 7) is 6.60. The van der Waals surface area contributed by atoms with Crippen molar-refractivity contribution in [2.45, 2.75) is 33.4 Å². The quantitative estimate of drug-likeness (QED) is 0.791. The molecule has 0 aliphatic heterocycles. The Kier molecular flexibility index (Phi) is 4.09. The molecule has 0 aliphatic rings. The van der Waals surface area contributed by atoms with Gasteiger partial charge in [-0.05, 0) is 39.0 Å². The Hall–Kier alpha value is -2.34. The van der Waals surface area contributed by atoms with E-state index in [1.165, 1.54) is 6.33 Å². The number of aryl methyl sites for hydroxylation is 1. The van der Waals surface area contributed by atoms with Crippen molar-refractivity contribution in [2.24, 2.45) is 0 Å². The van der Waals surface area contributed by atoms with Crippen LogP contribution in [0.4, 0.5) is 5.82 Å². The Labute approximate surface area is 139 Å². The highest BCUT2D eigenvalue weighted by Gasteiger charge is 2.17. The number of anilines is 1. The van der Waals surface area contributed by atoms with Crippen molar-refractivity contribution in [3.05, 3.63) is 29.5 Å². The fourth-order valence-electron chi connectivity index (χ4n) is 2.45. The monoisotopic (exact) mass is 331 g/mol. The first kappa shape index (κ1) is 15.6. The molecule has 0 aliphatic carbocycles. The van der Waals surface area contributed by atoms with E-state index in [9.17, 15) is 0 Å². The van der Waals surface area contributed by atoms with Crippen molar-refractivity contribution in [1.29, 1.82) is 0 Å². The van der Waals surface area contributed by atoms with Crippen molar-refractivity contribution >= 4 is 28.5 Å². The van der Waals surface area contributed by atoms with Gasteiger partial charge in [0.15, 0.2) is 5.65 Å². The van der Waals surface area contributed by atoms with Gasteiger partial charge in [0, 0.05) is 12.1 Å². The molecule has 120 valence electrons. The molecule has 2 aromatic heterocycles. The van der Waals surface area contributed by atoms with Gasteiger partial charge in [-0.2, -0.15) is 5.10 Å². The lowest BCUT2D eigenvalue weighted by atomic mass is 10.1. The minimum atomic E-state index is 0.0579. The molecule has 0 atom stereocenters. The molecule has 0 bridgehead atoms. The molecule has 6 nitrogen and oxygen atoms in total. The highest BCUT2D eigenvalue weighted by atomic mass is 35.5. The van der Waals surface area contributed by atoms with Crippen LogP contribution < -0.4 is 10.5 Å². The topological polar surface area (TPSA) is 78.9 Å². The number of nitrogen functional groups attached to an aromatic ring is 1. The number of nitrogens with two attached hydrogens (primary N) is 1. The maximum absolute atomic E-state index is 6.33. The number of ether oxygens (including phenoxy) is 1. The minimum absolute atomic E-state index is 0.0579. The largest absolute Gasteiger partial charge is 0.489 e. The van der Waals surface area contributed by atoms with Crippen LogP contribution >= 0.6 is 11.6 Å². The van der Waals surface area contributed by atoms with Gasteiger partial charge in [0.2, 0.25) is 0 Å². The van der Waals surface area contributed by atoms with Crippen molar-refractivity contribution in [3.63, 3.8) is 0 Å². The molecule has 0 fully saturated rings. The van der Waals surface area contributed by atoms with Crippen molar-refractivity contribution in [3.8, 4) is 17.0 Å². The smallest absolute Gasteiger partial charge is 0.163 e. The van der Waals surface area contributed by atoms with Crippen LogP contribution in [0.15, 0.2) is 24.5 Å². The molecule has 2 heterocycles. The molecule has 0 radical (unpaired) electrons. The number of hydrogen-bond donors (Lipinski definition) is 1. The molecule has 0 spiro atoms. The molecule has 3 rings (SSSR count). The third-order valence-corrected chi connectivity index (χ3v) is 3.72. The van der Waals surface area contributed by atoms with Crippen molar-refractivity contribution in [2.75, 3.05) is 5.73 Å². The van der Waals surface area contributed by atoms with Gasteiger partial charge in [0.05, 0.1) is 16.5 Å². The minimum Gasteiger partial charge on any atom is -0.489 e. The van der Waals surface area contributed by atoms with Crippen molar-refractivity contribution in [1.82, 2.24) is 19.7 Å². The van der Waals surface area contributed by atoms with Crippen LogP contribution in [-0.2, 0) is 6.54 Å². The highest BCUT2D eigenvalue weighted by Crippen LogP contribution is 2.34. The van der Waals surface area contributed by atoms with Gasteiger partial charge in [-0.25, -0.2) is 14.6 Å². The van der Waals surface area contributed by atoms with Crippen molar-refractivity contribution < 1.29 is 4.74 Å². The maximum atomic E-state index is 6.33. The van der Waals surface area contributed by atoms with E-state index in [4.69, 9.17) is 22.1 Å². The lowest BCUT2D eigenvalue weighted by Crippen LogP contribution is -2.05. The molecular formula is C16H18ClN5O. The molecule has 7 heteroatoms. The van der Waals surface area contributed by atoms with Crippen LogP contribution in [0.5, 0.6) is 5.75 Å². The summed E-state index contributed by atoms with van der Waals surface area (Å²) >= 11 is 6.33. The molecular weight excluding hydrogens is 314 g/mol. The Morgan fingerprint density at radius 2 is 2.09 bits per heavy atom. The van der Waals surface area contributed by atoms with E-state index < -0.39 is 0 Å². The Morgan fingerprint density at radius 1 is 1.30 bits per heavy atom. The number of benzene rings is 1. The number of rotatable bonds is 4. The molecule has 0 saturated carbocycles. The van der Waals surface area contributed by atoms with E-state index in [1.807, 2.05) is 39.0 Å². The number of hydrogen-bond acceptors (Lipinski definition) is 5. The Morgan fingerprint density at radius 3 is 2.74 bits per heavy atom. The second-order valence-electron chi connectivity index (χ2n) is 5.43. The van der Waals surface area contributed by atoms with E-state index in [1.54, 1.807) is 4.68 Å². The number of nitrogens with zero attached hydrogens (tertiary/aromatic N) is 4. The zero-order chi connectivity index (χ0) is 16.6. The predicted octanol–water partition coefficient (Wildman–Crippen LogP) is 3.54. The van der Waals surface area contributed by atoms with Gasteiger partial charge in [0.25, 0.3) is 0 Å².